The first-order chi connectivity index (χ1) is 12.3. The lowest BCUT2D eigenvalue weighted by molar-refractivity contribution is -0.137. The normalized spacial score (nSPS) is 16.6. The second-order valence-electron chi connectivity index (χ2n) is 6.68. The number of piperazine rings is 1. The number of carbonyl (C=O) groups is 1. The number of nitrogens with zero attached hydrogens (tertiary/aromatic N) is 2. The van der Waals surface area contributed by atoms with Crippen molar-refractivity contribution in [1.29, 1.82) is 0 Å². The van der Waals surface area contributed by atoms with E-state index in [-0.39, 0.29) is 5.56 Å². The summed E-state index contributed by atoms with van der Waals surface area (Å²) in [6.07, 6.45) is -4.46. The zero-order valence-corrected chi connectivity index (χ0v) is 14.6. The van der Waals surface area contributed by atoms with E-state index in [1.165, 1.54) is 12.1 Å². The lowest BCUT2D eigenvalue weighted by Crippen LogP contribution is -2.43. The van der Waals surface area contributed by atoms with Crippen LogP contribution in [0.3, 0.4) is 0 Å². The van der Waals surface area contributed by atoms with Gasteiger partial charge in [0, 0.05) is 43.9 Å². The lowest BCUT2D eigenvalue weighted by Gasteiger charge is -2.32. The van der Waals surface area contributed by atoms with E-state index in [1.54, 1.807) is 12.1 Å². The summed E-state index contributed by atoms with van der Waals surface area (Å²) in [5.41, 5.74) is 0.725. The van der Waals surface area contributed by atoms with Gasteiger partial charge >= 0.3 is 6.18 Å². The zero-order valence-electron chi connectivity index (χ0n) is 14.6. The molecular weight excluding hydrogens is 341 g/mol. The average molecular weight is 362 g/mol. The van der Waals surface area contributed by atoms with Crippen LogP contribution in [-0.4, -0.2) is 48.8 Å². The van der Waals surface area contributed by atoms with Gasteiger partial charge < -0.3 is 4.90 Å². The molecule has 138 valence electrons. The first-order valence-corrected chi connectivity index (χ1v) is 8.55. The van der Waals surface area contributed by atoms with E-state index in [4.69, 9.17) is 0 Å². The third-order valence-corrected chi connectivity index (χ3v) is 4.67. The molecule has 0 bridgehead atoms. The highest BCUT2D eigenvalue weighted by Gasteiger charge is 2.31. The van der Waals surface area contributed by atoms with Crippen molar-refractivity contribution in [2.45, 2.75) is 12.7 Å². The Morgan fingerprint density at radius 3 is 2.23 bits per heavy atom. The molecule has 0 N–H and O–H groups in total. The standard InChI is InChI=1S/C20H21F3N2O/c1-24-9-11-25(12-10-24)14-15-5-7-16(8-6-15)19(26)17-3-2-4-18(13-17)20(21,22)23/h2-8,13H,9-12,14H2,1H3. The van der Waals surface area contributed by atoms with Crippen molar-refractivity contribution < 1.29 is 18.0 Å². The molecule has 0 spiro atoms. The van der Waals surface area contributed by atoms with Gasteiger partial charge in [-0.3, -0.25) is 9.69 Å². The number of ketones is 1. The van der Waals surface area contributed by atoms with Crippen LogP contribution in [0.4, 0.5) is 13.2 Å². The monoisotopic (exact) mass is 362 g/mol. The van der Waals surface area contributed by atoms with Crippen LogP contribution >= 0.6 is 0 Å². The molecule has 0 radical (unpaired) electrons. The minimum Gasteiger partial charge on any atom is -0.304 e. The molecule has 1 aliphatic heterocycles. The van der Waals surface area contributed by atoms with Crippen LogP contribution in [0.5, 0.6) is 0 Å². The van der Waals surface area contributed by atoms with Crippen molar-refractivity contribution in [3.63, 3.8) is 0 Å². The minimum atomic E-state index is -4.46. The van der Waals surface area contributed by atoms with E-state index in [2.05, 4.69) is 16.8 Å². The number of rotatable bonds is 4. The number of halogens is 3. The summed E-state index contributed by atoms with van der Waals surface area (Å²) in [6.45, 7) is 4.88. The van der Waals surface area contributed by atoms with Gasteiger partial charge in [0.25, 0.3) is 0 Å². The summed E-state index contributed by atoms with van der Waals surface area (Å²) in [7, 11) is 2.10. The number of alkyl halides is 3. The lowest BCUT2D eigenvalue weighted by atomic mass is 10.00. The Hall–Kier alpha value is -2.18. The fourth-order valence-electron chi connectivity index (χ4n) is 3.03. The van der Waals surface area contributed by atoms with E-state index in [9.17, 15) is 18.0 Å². The van der Waals surface area contributed by atoms with Gasteiger partial charge in [0.1, 0.15) is 0 Å². The van der Waals surface area contributed by atoms with Gasteiger partial charge in [0.15, 0.2) is 5.78 Å². The Labute approximate surface area is 151 Å². The van der Waals surface area contributed by atoms with Crippen LogP contribution in [0, 0.1) is 0 Å². The molecule has 6 heteroatoms. The van der Waals surface area contributed by atoms with Crippen molar-refractivity contribution in [3.8, 4) is 0 Å². The quantitative estimate of drug-likeness (QED) is 0.775. The predicted molar refractivity (Wildman–Crippen MR) is 94.1 cm³/mol. The summed E-state index contributed by atoms with van der Waals surface area (Å²) in [4.78, 5) is 17.1. The zero-order chi connectivity index (χ0) is 18.7. The Balaban J connectivity index is 1.69. The average Bonchev–Trinajstić information content (AvgIpc) is 2.63. The van der Waals surface area contributed by atoms with Crippen LogP contribution < -0.4 is 0 Å². The highest BCUT2D eigenvalue weighted by Crippen LogP contribution is 2.30. The number of likely N-dealkylation sites (N-methyl/N-ethyl adjacent to an activating group) is 1. The van der Waals surface area contributed by atoms with Crippen LogP contribution in [0.1, 0.15) is 27.0 Å². The number of hydrogen-bond donors (Lipinski definition) is 0. The fraction of sp³-hybridized carbons (Fsp3) is 0.350. The molecule has 0 atom stereocenters. The first-order valence-electron chi connectivity index (χ1n) is 8.55. The van der Waals surface area contributed by atoms with Crippen molar-refractivity contribution in [2.24, 2.45) is 0 Å². The maximum atomic E-state index is 12.8. The van der Waals surface area contributed by atoms with E-state index < -0.39 is 17.5 Å². The summed E-state index contributed by atoms with van der Waals surface area (Å²) < 4.78 is 38.4. The maximum Gasteiger partial charge on any atom is 0.416 e. The fourth-order valence-corrected chi connectivity index (χ4v) is 3.03. The highest BCUT2D eigenvalue weighted by atomic mass is 19.4. The van der Waals surface area contributed by atoms with E-state index in [1.807, 2.05) is 12.1 Å². The van der Waals surface area contributed by atoms with Crippen LogP contribution in [-0.2, 0) is 12.7 Å². The van der Waals surface area contributed by atoms with E-state index in [0.29, 0.717) is 5.56 Å². The summed E-state index contributed by atoms with van der Waals surface area (Å²) in [5, 5.41) is 0. The molecule has 1 aliphatic rings. The number of carbonyl (C=O) groups excluding carboxylic acids is 1. The summed E-state index contributed by atoms with van der Waals surface area (Å²) in [6, 6.07) is 11.7. The second kappa shape index (κ2) is 7.60. The molecular formula is C20H21F3N2O. The van der Waals surface area contributed by atoms with Crippen molar-refractivity contribution in [1.82, 2.24) is 9.80 Å². The topological polar surface area (TPSA) is 23.6 Å². The van der Waals surface area contributed by atoms with Crippen molar-refractivity contribution >= 4 is 5.78 Å². The van der Waals surface area contributed by atoms with Crippen LogP contribution in [0.15, 0.2) is 48.5 Å². The number of hydrogen-bond acceptors (Lipinski definition) is 3. The van der Waals surface area contributed by atoms with E-state index >= 15 is 0 Å². The molecule has 1 heterocycles. The minimum absolute atomic E-state index is 0.0478. The molecule has 0 unspecified atom stereocenters. The molecule has 1 fully saturated rings. The highest BCUT2D eigenvalue weighted by molar-refractivity contribution is 6.09. The molecule has 2 aromatic rings. The Bertz CT molecular complexity index is 763. The molecule has 0 aliphatic carbocycles. The molecule has 2 aromatic carbocycles. The Morgan fingerprint density at radius 2 is 1.62 bits per heavy atom. The first kappa shape index (κ1) is 18.6. The largest absolute Gasteiger partial charge is 0.416 e. The molecule has 0 amide bonds. The van der Waals surface area contributed by atoms with E-state index in [0.717, 1.165) is 50.4 Å². The van der Waals surface area contributed by atoms with Crippen molar-refractivity contribution in [3.05, 3.63) is 70.8 Å². The van der Waals surface area contributed by atoms with Gasteiger partial charge in [-0.1, -0.05) is 36.4 Å². The van der Waals surface area contributed by atoms with Gasteiger partial charge in [0.05, 0.1) is 5.56 Å². The molecule has 26 heavy (non-hydrogen) atoms. The van der Waals surface area contributed by atoms with Gasteiger partial charge in [-0.15, -0.1) is 0 Å². The van der Waals surface area contributed by atoms with Gasteiger partial charge in [0.2, 0.25) is 0 Å². The predicted octanol–water partition coefficient (Wildman–Crippen LogP) is 3.68. The van der Waals surface area contributed by atoms with Gasteiger partial charge in [-0.05, 0) is 24.7 Å². The van der Waals surface area contributed by atoms with Crippen LogP contribution in [0.25, 0.3) is 0 Å². The second-order valence-corrected chi connectivity index (χ2v) is 6.68. The third-order valence-electron chi connectivity index (χ3n) is 4.67. The molecule has 3 nitrogen and oxygen atoms in total. The van der Waals surface area contributed by atoms with Gasteiger partial charge in [-0.2, -0.15) is 13.2 Å². The SMILES string of the molecule is CN1CCN(Cc2ccc(C(=O)c3cccc(C(F)(F)F)c3)cc2)CC1. The van der Waals surface area contributed by atoms with Crippen molar-refractivity contribution in [2.75, 3.05) is 33.2 Å². The molecule has 3 rings (SSSR count). The smallest absolute Gasteiger partial charge is 0.304 e. The number of benzene rings is 2. The van der Waals surface area contributed by atoms with Crippen LogP contribution in [0.2, 0.25) is 0 Å². The Kier molecular flexibility index (Phi) is 5.44. The Morgan fingerprint density at radius 1 is 0.962 bits per heavy atom. The summed E-state index contributed by atoms with van der Waals surface area (Å²) >= 11 is 0. The summed E-state index contributed by atoms with van der Waals surface area (Å²) in [5.74, 6) is -0.401. The maximum absolute atomic E-state index is 12.8. The molecule has 0 saturated carbocycles. The molecule has 1 saturated heterocycles. The third kappa shape index (κ3) is 4.51. The molecule has 0 aromatic heterocycles. The van der Waals surface area contributed by atoms with Gasteiger partial charge in [-0.25, -0.2) is 0 Å².